The minimum Gasteiger partial charge on any atom is -0.469 e. The number of nitrogens with zero attached hydrogens (tertiary/aromatic N) is 1. The molecule has 1 aromatic rings. The van der Waals surface area contributed by atoms with Crippen molar-refractivity contribution >= 4 is 33.9 Å². The van der Waals surface area contributed by atoms with Gasteiger partial charge in [0.2, 0.25) is 5.91 Å². The summed E-state index contributed by atoms with van der Waals surface area (Å²) in [5.74, 6) is -0.773. The first kappa shape index (κ1) is 19.4. The van der Waals surface area contributed by atoms with Crippen LogP contribution in [0, 0.1) is 11.7 Å². The number of carbonyl (C=O) groups is 2. The van der Waals surface area contributed by atoms with E-state index in [4.69, 9.17) is 0 Å². The second-order valence-electron chi connectivity index (χ2n) is 5.50. The fraction of sp³-hybridized carbons (Fsp3) is 0.412. The van der Waals surface area contributed by atoms with Crippen LogP contribution in [0.1, 0.15) is 25.8 Å². The molecule has 0 saturated heterocycles. The maximum Gasteiger partial charge on any atom is 0.307 e. The number of methoxy groups -OCH3 is 1. The van der Waals surface area contributed by atoms with Crippen molar-refractivity contribution in [3.8, 4) is 0 Å². The summed E-state index contributed by atoms with van der Waals surface area (Å²) in [6, 6.07) is 4.52. The van der Waals surface area contributed by atoms with Gasteiger partial charge in [0.15, 0.2) is 0 Å². The van der Waals surface area contributed by atoms with E-state index in [9.17, 15) is 14.0 Å². The monoisotopic (exact) mass is 385 g/mol. The van der Waals surface area contributed by atoms with Crippen LogP contribution in [0.5, 0.6) is 0 Å². The lowest BCUT2D eigenvalue weighted by atomic mass is 10.1. The van der Waals surface area contributed by atoms with Crippen LogP contribution >= 0.6 is 15.9 Å². The molecule has 0 radical (unpaired) electrons. The summed E-state index contributed by atoms with van der Waals surface area (Å²) in [6.45, 7) is 4.75. The first-order chi connectivity index (χ1) is 10.8. The molecule has 0 spiro atoms. The Morgan fingerprint density at radius 2 is 2.09 bits per heavy atom. The van der Waals surface area contributed by atoms with Gasteiger partial charge in [-0.3, -0.25) is 9.59 Å². The summed E-state index contributed by atoms with van der Waals surface area (Å²) in [6.07, 6.45) is 2.90. The Kier molecular flexibility index (Phi) is 7.95. The van der Waals surface area contributed by atoms with Gasteiger partial charge in [0.05, 0.1) is 13.5 Å². The molecule has 0 aliphatic rings. The molecule has 0 aromatic heterocycles. The number of halogens is 2. The van der Waals surface area contributed by atoms with Crippen molar-refractivity contribution in [2.45, 2.75) is 20.3 Å². The van der Waals surface area contributed by atoms with E-state index < -0.39 is 5.82 Å². The summed E-state index contributed by atoms with van der Waals surface area (Å²) in [5.41, 5.74) is 0.324. The van der Waals surface area contributed by atoms with E-state index in [1.807, 2.05) is 13.8 Å². The molecule has 0 unspecified atom stereocenters. The van der Waals surface area contributed by atoms with E-state index in [2.05, 4.69) is 20.7 Å². The minimum absolute atomic E-state index is 0.133. The molecule has 0 saturated carbocycles. The molecular formula is C17H21BrFNO3. The number of amides is 1. The van der Waals surface area contributed by atoms with Crippen LogP contribution < -0.4 is 0 Å². The number of hydrogen-bond acceptors (Lipinski definition) is 3. The first-order valence-corrected chi connectivity index (χ1v) is 8.11. The number of esters is 1. The molecule has 6 heteroatoms. The highest BCUT2D eigenvalue weighted by molar-refractivity contribution is 9.10. The zero-order valence-electron chi connectivity index (χ0n) is 13.5. The first-order valence-electron chi connectivity index (χ1n) is 7.32. The van der Waals surface area contributed by atoms with Gasteiger partial charge >= 0.3 is 5.97 Å². The lowest BCUT2D eigenvalue weighted by Crippen LogP contribution is -2.34. The fourth-order valence-electron chi connectivity index (χ4n) is 1.97. The van der Waals surface area contributed by atoms with Crippen molar-refractivity contribution in [1.82, 2.24) is 4.90 Å². The Bertz CT molecular complexity index is 587. The van der Waals surface area contributed by atoms with Gasteiger partial charge in [-0.05, 0) is 30.2 Å². The normalized spacial score (nSPS) is 11.0. The Balaban J connectivity index is 2.80. The van der Waals surface area contributed by atoms with E-state index in [-0.39, 0.29) is 30.8 Å². The number of hydrogen-bond donors (Lipinski definition) is 0. The van der Waals surface area contributed by atoms with Gasteiger partial charge in [0.1, 0.15) is 5.82 Å². The van der Waals surface area contributed by atoms with Crippen LogP contribution in [0.2, 0.25) is 0 Å². The Morgan fingerprint density at radius 1 is 1.39 bits per heavy atom. The predicted octanol–water partition coefficient (Wildman–Crippen LogP) is 3.65. The van der Waals surface area contributed by atoms with Crippen molar-refractivity contribution in [3.63, 3.8) is 0 Å². The van der Waals surface area contributed by atoms with Crippen molar-refractivity contribution < 1.29 is 18.7 Å². The van der Waals surface area contributed by atoms with Crippen LogP contribution in [-0.4, -0.2) is 37.0 Å². The van der Waals surface area contributed by atoms with E-state index in [1.165, 1.54) is 25.3 Å². The molecule has 0 N–H and O–H groups in total. The van der Waals surface area contributed by atoms with Crippen LogP contribution in [0.15, 0.2) is 28.7 Å². The molecule has 23 heavy (non-hydrogen) atoms. The van der Waals surface area contributed by atoms with E-state index in [1.54, 1.807) is 17.0 Å². The molecule has 0 atom stereocenters. The summed E-state index contributed by atoms with van der Waals surface area (Å²) >= 11 is 3.27. The van der Waals surface area contributed by atoms with Crippen LogP contribution in [-0.2, 0) is 14.3 Å². The Hall–Kier alpha value is -1.69. The van der Waals surface area contributed by atoms with Crippen molar-refractivity contribution in [2.24, 2.45) is 5.92 Å². The molecule has 1 amide bonds. The maximum absolute atomic E-state index is 13.7. The number of rotatable bonds is 7. The van der Waals surface area contributed by atoms with E-state index in [0.29, 0.717) is 12.1 Å². The molecule has 1 rings (SSSR count). The highest BCUT2D eigenvalue weighted by atomic mass is 79.9. The SMILES string of the molecule is COC(=O)CCN(CC(C)C)C(=O)C=Cc1cc(Br)ccc1F. The van der Waals surface area contributed by atoms with E-state index in [0.717, 1.165) is 4.47 Å². The summed E-state index contributed by atoms with van der Waals surface area (Å²) < 4.78 is 19.0. The van der Waals surface area contributed by atoms with Gasteiger partial charge < -0.3 is 9.64 Å². The Morgan fingerprint density at radius 3 is 2.70 bits per heavy atom. The van der Waals surface area contributed by atoms with Gasteiger partial charge in [-0.15, -0.1) is 0 Å². The third-order valence-corrected chi connectivity index (χ3v) is 3.57. The minimum atomic E-state index is -0.401. The molecule has 0 fully saturated rings. The third-order valence-electron chi connectivity index (χ3n) is 3.07. The number of carbonyl (C=O) groups excluding carboxylic acids is 2. The maximum atomic E-state index is 13.7. The molecule has 0 aliphatic carbocycles. The highest BCUT2D eigenvalue weighted by Crippen LogP contribution is 2.17. The van der Waals surface area contributed by atoms with Crippen molar-refractivity contribution in [1.29, 1.82) is 0 Å². The van der Waals surface area contributed by atoms with Gasteiger partial charge in [-0.2, -0.15) is 0 Å². The molecule has 0 bridgehead atoms. The van der Waals surface area contributed by atoms with Gasteiger partial charge in [0, 0.05) is 29.2 Å². The van der Waals surface area contributed by atoms with Crippen LogP contribution in [0.4, 0.5) is 4.39 Å². The smallest absolute Gasteiger partial charge is 0.307 e. The standard InChI is InChI=1S/C17H21BrFNO3/c1-12(2)11-20(9-8-17(22)23-3)16(21)7-4-13-10-14(18)5-6-15(13)19/h4-7,10,12H,8-9,11H2,1-3H3. The van der Waals surface area contributed by atoms with Gasteiger partial charge in [0.25, 0.3) is 0 Å². The van der Waals surface area contributed by atoms with Crippen LogP contribution in [0.3, 0.4) is 0 Å². The zero-order chi connectivity index (χ0) is 17.4. The third kappa shape index (κ3) is 6.95. The summed E-state index contributed by atoms with van der Waals surface area (Å²) in [4.78, 5) is 25.1. The highest BCUT2D eigenvalue weighted by Gasteiger charge is 2.14. The molecular weight excluding hydrogens is 365 g/mol. The second-order valence-corrected chi connectivity index (χ2v) is 6.42. The van der Waals surface area contributed by atoms with Crippen molar-refractivity contribution in [2.75, 3.05) is 20.2 Å². The largest absolute Gasteiger partial charge is 0.469 e. The predicted molar refractivity (Wildman–Crippen MR) is 91.2 cm³/mol. The van der Waals surface area contributed by atoms with Crippen molar-refractivity contribution in [3.05, 3.63) is 40.1 Å². The molecule has 126 valence electrons. The summed E-state index contributed by atoms with van der Waals surface area (Å²) in [5, 5.41) is 0. The lowest BCUT2D eigenvalue weighted by molar-refractivity contribution is -0.141. The zero-order valence-corrected chi connectivity index (χ0v) is 15.1. The van der Waals surface area contributed by atoms with E-state index >= 15 is 0 Å². The molecule has 4 nitrogen and oxygen atoms in total. The molecule has 0 aliphatic heterocycles. The molecule has 0 heterocycles. The van der Waals surface area contributed by atoms with Crippen LogP contribution in [0.25, 0.3) is 6.08 Å². The van der Waals surface area contributed by atoms with Gasteiger partial charge in [-0.1, -0.05) is 29.8 Å². The second kappa shape index (κ2) is 9.45. The number of benzene rings is 1. The average molecular weight is 386 g/mol. The average Bonchev–Trinajstić information content (AvgIpc) is 2.51. The number of ether oxygens (including phenoxy) is 1. The summed E-state index contributed by atoms with van der Waals surface area (Å²) in [7, 11) is 1.31. The Labute approximate surface area is 144 Å². The fourth-order valence-corrected chi connectivity index (χ4v) is 2.35. The van der Waals surface area contributed by atoms with Gasteiger partial charge in [-0.25, -0.2) is 4.39 Å². The quantitative estimate of drug-likeness (QED) is 0.531. The topological polar surface area (TPSA) is 46.6 Å². The lowest BCUT2D eigenvalue weighted by Gasteiger charge is -2.22. The molecule has 1 aromatic carbocycles.